The molecule has 0 spiro atoms. The lowest BCUT2D eigenvalue weighted by atomic mass is 10.1. The first-order valence-electron chi connectivity index (χ1n) is 7.72. The summed E-state index contributed by atoms with van der Waals surface area (Å²) in [5.74, 6) is -0.171. The summed E-state index contributed by atoms with van der Waals surface area (Å²) in [5.41, 5.74) is 2.68. The number of hydrogen-bond donors (Lipinski definition) is 1. The molecule has 1 amide bonds. The maximum Gasteiger partial charge on any atom is 0.244 e. The molecule has 0 bridgehead atoms. The van der Waals surface area contributed by atoms with Crippen LogP contribution >= 0.6 is 11.6 Å². The predicted octanol–water partition coefficient (Wildman–Crippen LogP) is 4.78. The molecule has 0 aliphatic heterocycles. The van der Waals surface area contributed by atoms with Crippen molar-refractivity contribution in [1.82, 2.24) is 10.3 Å². The molecule has 0 aliphatic carbocycles. The first-order chi connectivity index (χ1) is 11.6. The summed E-state index contributed by atoms with van der Waals surface area (Å²) in [5, 5.41) is 4.62. The number of fused-ring (bicyclic) bond motifs is 1. The second-order valence-corrected chi connectivity index (χ2v) is 5.91. The number of carbonyl (C=O) groups excluding carboxylic acids is 1. The van der Waals surface area contributed by atoms with E-state index >= 15 is 0 Å². The van der Waals surface area contributed by atoms with E-state index in [9.17, 15) is 4.79 Å². The first kappa shape index (κ1) is 16.2. The molecule has 0 saturated heterocycles. The third-order valence-electron chi connectivity index (χ3n) is 3.81. The number of halogens is 1. The molecule has 1 atom stereocenters. The van der Waals surface area contributed by atoms with E-state index in [1.54, 1.807) is 12.3 Å². The number of para-hydroxylation sites is 1. The van der Waals surface area contributed by atoms with Gasteiger partial charge in [-0.3, -0.25) is 9.78 Å². The number of nitrogens with one attached hydrogen (secondary N) is 1. The fourth-order valence-corrected chi connectivity index (χ4v) is 2.89. The van der Waals surface area contributed by atoms with E-state index in [-0.39, 0.29) is 11.9 Å². The van der Waals surface area contributed by atoms with Crippen molar-refractivity contribution >= 4 is 34.5 Å². The van der Waals surface area contributed by atoms with Crippen molar-refractivity contribution in [3.8, 4) is 0 Å². The Balaban J connectivity index is 1.74. The Morgan fingerprint density at radius 1 is 1.12 bits per heavy atom. The molecule has 120 valence electrons. The van der Waals surface area contributed by atoms with Crippen LogP contribution in [-0.4, -0.2) is 10.9 Å². The number of aromatic nitrogens is 1. The van der Waals surface area contributed by atoms with Gasteiger partial charge in [0.1, 0.15) is 0 Å². The van der Waals surface area contributed by atoms with Gasteiger partial charge in [0.05, 0.1) is 11.6 Å². The van der Waals surface area contributed by atoms with E-state index in [0.717, 1.165) is 22.0 Å². The van der Waals surface area contributed by atoms with E-state index in [1.165, 1.54) is 6.08 Å². The van der Waals surface area contributed by atoms with E-state index in [2.05, 4.69) is 10.3 Å². The Morgan fingerprint density at radius 3 is 2.75 bits per heavy atom. The van der Waals surface area contributed by atoms with Crippen LogP contribution in [0.5, 0.6) is 0 Å². The highest BCUT2D eigenvalue weighted by Gasteiger charge is 2.10. The van der Waals surface area contributed by atoms with E-state index in [4.69, 9.17) is 11.6 Å². The van der Waals surface area contributed by atoms with Crippen molar-refractivity contribution in [1.29, 1.82) is 0 Å². The smallest absolute Gasteiger partial charge is 0.244 e. The average molecular weight is 337 g/mol. The number of rotatable bonds is 4. The minimum atomic E-state index is -0.171. The maximum absolute atomic E-state index is 12.2. The molecule has 1 aromatic heterocycles. The lowest BCUT2D eigenvalue weighted by Crippen LogP contribution is -2.24. The Bertz CT molecular complexity index is 900. The average Bonchev–Trinajstić information content (AvgIpc) is 2.60. The standard InChI is InChI=1S/C20H17ClN2O/c1-14(17-9-2-3-10-18(17)21)23-19(24)12-11-16-7-4-6-15-8-5-13-22-20(15)16/h2-14H,1H3,(H,23,24)/b12-11+. The van der Waals surface area contributed by atoms with Crippen LogP contribution in [0.25, 0.3) is 17.0 Å². The Hall–Kier alpha value is -2.65. The van der Waals surface area contributed by atoms with Gasteiger partial charge in [-0.15, -0.1) is 0 Å². The number of carbonyl (C=O) groups is 1. The molecule has 0 aliphatic rings. The SMILES string of the molecule is CC(NC(=O)/C=C/c1cccc2cccnc12)c1ccccc1Cl. The van der Waals surface area contributed by atoms with Gasteiger partial charge in [-0.2, -0.15) is 0 Å². The highest BCUT2D eigenvalue weighted by Crippen LogP contribution is 2.22. The molecule has 24 heavy (non-hydrogen) atoms. The van der Waals surface area contributed by atoms with Gasteiger partial charge in [-0.05, 0) is 30.7 Å². The second-order valence-electron chi connectivity index (χ2n) is 5.51. The largest absolute Gasteiger partial charge is 0.346 e. The van der Waals surface area contributed by atoms with E-state index < -0.39 is 0 Å². The van der Waals surface area contributed by atoms with Crippen molar-refractivity contribution in [2.45, 2.75) is 13.0 Å². The molecule has 4 heteroatoms. The third-order valence-corrected chi connectivity index (χ3v) is 4.15. The number of hydrogen-bond acceptors (Lipinski definition) is 2. The highest BCUT2D eigenvalue weighted by molar-refractivity contribution is 6.31. The number of amides is 1. The van der Waals surface area contributed by atoms with Gasteiger partial charge < -0.3 is 5.32 Å². The van der Waals surface area contributed by atoms with Gasteiger partial charge in [0.25, 0.3) is 0 Å². The summed E-state index contributed by atoms with van der Waals surface area (Å²) in [6.07, 6.45) is 5.06. The summed E-state index contributed by atoms with van der Waals surface area (Å²) >= 11 is 6.16. The lowest BCUT2D eigenvalue weighted by Gasteiger charge is -2.14. The van der Waals surface area contributed by atoms with Gasteiger partial charge >= 0.3 is 0 Å². The fourth-order valence-electron chi connectivity index (χ4n) is 2.59. The zero-order chi connectivity index (χ0) is 16.9. The maximum atomic E-state index is 12.2. The molecular weight excluding hydrogens is 320 g/mol. The Labute approximate surface area is 146 Å². The molecule has 2 aromatic carbocycles. The first-order valence-corrected chi connectivity index (χ1v) is 8.09. The lowest BCUT2D eigenvalue weighted by molar-refractivity contribution is -0.117. The number of pyridine rings is 1. The molecule has 1 N–H and O–H groups in total. The van der Waals surface area contributed by atoms with Gasteiger partial charge in [-0.25, -0.2) is 0 Å². The van der Waals surface area contributed by atoms with Crippen molar-refractivity contribution in [2.24, 2.45) is 0 Å². The molecule has 0 radical (unpaired) electrons. The predicted molar refractivity (Wildman–Crippen MR) is 98.8 cm³/mol. The molecule has 0 saturated carbocycles. The van der Waals surface area contributed by atoms with Crippen LogP contribution in [0.4, 0.5) is 0 Å². The van der Waals surface area contributed by atoms with Crippen LogP contribution in [0, 0.1) is 0 Å². The van der Waals surface area contributed by atoms with Crippen LogP contribution in [0.15, 0.2) is 66.9 Å². The Morgan fingerprint density at radius 2 is 1.92 bits per heavy atom. The van der Waals surface area contributed by atoms with Crippen LogP contribution < -0.4 is 5.32 Å². The van der Waals surface area contributed by atoms with Crippen LogP contribution in [-0.2, 0) is 4.79 Å². The van der Waals surface area contributed by atoms with E-state index in [0.29, 0.717) is 5.02 Å². The van der Waals surface area contributed by atoms with E-state index in [1.807, 2.05) is 61.5 Å². The summed E-state index contributed by atoms with van der Waals surface area (Å²) in [7, 11) is 0. The summed E-state index contributed by atoms with van der Waals surface area (Å²) in [4.78, 5) is 16.6. The van der Waals surface area contributed by atoms with Crippen LogP contribution in [0.1, 0.15) is 24.1 Å². The Kier molecular flexibility index (Phi) is 4.92. The monoisotopic (exact) mass is 336 g/mol. The van der Waals surface area contributed by atoms with Gasteiger partial charge in [-0.1, -0.05) is 54.1 Å². The topological polar surface area (TPSA) is 42.0 Å². The molecule has 3 nitrogen and oxygen atoms in total. The summed E-state index contributed by atoms with van der Waals surface area (Å²) in [6.45, 7) is 1.91. The van der Waals surface area contributed by atoms with Gasteiger partial charge in [0.15, 0.2) is 0 Å². The van der Waals surface area contributed by atoms with Crippen LogP contribution in [0.3, 0.4) is 0 Å². The third kappa shape index (κ3) is 3.63. The van der Waals surface area contributed by atoms with Crippen molar-refractivity contribution in [3.05, 3.63) is 83.0 Å². The minimum absolute atomic E-state index is 0.165. The highest BCUT2D eigenvalue weighted by atomic mass is 35.5. The molecular formula is C20H17ClN2O. The summed E-state index contributed by atoms with van der Waals surface area (Å²) < 4.78 is 0. The number of nitrogens with zero attached hydrogens (tertiary/aromatic N) is 1. The van der Waals surface area contributed by atoms with Crippen molar-refractivity contribution < 1.29 is 4.79 Å². The van der Waals surface area contributed by atoms with Crippen molar-refractivity contribution in [3.63, 3.8) is 0 Å². The second kappa shape index (κ2) is 7.28. The molecule has 1 heterocycles. The zero-order valence-electron chi connectivity index (χ0n) is 13.2. The van der Waals surface area contributed by atoms with Gasteiger partial charge in [0.2, 0.25) is 5.91 Å². The molecule has 1 unspecified atom stereocenters. The fraction of sp³-hybridized carbons (Fsp3) is 0.100. The van der Waals surface area contributed by atoms with Crippen LogP contribution in [0.2, 0.25) is 5.02 Å². The summed E-state index contributed by atoms with van der Waals surface area (Å²) in [6, 6.07) is 17.1. The normalized spacial score (nSPS) is 12.4. The van der Waals surface area contributed by atoms with Crippen molar-refractivity contribution in [2.75, 3.05) is 0 Å². The minimum Gasteiger partial charge on any atom is -0.346 e. The molecule has 0 fully saturated rings. The quantitative estimate of drug-likeness (QED) is 0.697. The number of benzene rings is 2. The van der Waals surface area contributed by atoms with Gasteiger partial charge in [0, 0.05) is 28.2 Å². The zero-order valence-corrected chi connectivity index (χ0v) is 14.0. The molecule has 3 aromatic rings. The molecule has 3 rings (SSSR count).